The molecule has 1 aromatic carbocycles. The minimum Gasteiger partial charge on any atom is -0.741 e. The molecule has 2 rings (SSSR count). The largest absolute Gasteiger partial charge is 0.741 e. The number of halogens is 3. The quantitative estimate of drug-likeness (QED) is 0.252. The van der Waals surface area contributed by atoms with E-state index in [1.165, 1.54) is 23.0 Å². The number of esters is 1. The average Bonchev–Trinajstić information content (AvgIpc) is 2.72. The Bertz CT molecular complexity index is 1230. The molecule has 1 heterocycles. The third-order valence-electron chi connectivity index (χ3n) is 3.94. The summed E-state index contributed by atoms with van der Waals surface area (Å²) in [5.41, 5.74) is -4.77. The molecule has 2 amide bonds. The van der Waals surface area contributed by atoms with E-state index in [0.29, 0.717) is 10.9 Å². The van der Waals surface area contributed by atoms with E-state index in [0.717, 1.165) is 0 Å². The summed E-state index contributed by atoms with van der Waals surface area (Å²) < 4.78 is 76.0. The van der Waals surface area contributed by atoms with Gasteiger partial charge in [-0.05, 0) is 6.07 Å². The van der Waals surface area contributed by atoms with Crippen LogP contribution in [0.3, 0.4) is 0 Å². The molecular weight excluding hydrogens is 503 g/mol. The molecule has 0 radical (unpaired) electrons. The number of nitrogens with zero attached hydrogens (tertiary/aromatic N) is 3. The van der Waals surface area contributed by atoms with Gasteiger partial charge in [-0.3, -0.25) is 0 Å². The number of alkyl halides is 3. The molecule has 35 heavy (non-hydrogen) atoms. The summed E-state index contributed by atoms with van der Waals surface area (Å²) in [7, 11) is 3.10. The Hall–Kier alpha value is -3.66. The summed E-state index contributed by atoms with van der Waals surface area (Å²) in [5, 5.41) is 0.486. The smallest absolute Gasteiger partial charge is 0.485 e. The standard InChI is InChI=1S/C18H22N3O6.CHF3O3S/c1-19(2)17(23)26-12-8-14-13(15(9-12)27-18(24)20(3)4)7-11(10-21(14)5)16(22)25-6;2-1(3,4)8(5,6)7/h7-10H,1-6H3;(H,5,6,7)/q+1;/p-1. The number of ether oxygens (including phenoxy) is 3. The molecule has 0 bridgehead atoms. The first-order valence-corrected chi connectivity index (χ1v) is 10.7. The van der Waals surface area contributed by atoms with Crippen LogP contribution in [-0.2, 0) is 21.9 Å². The fraction of sp³-hybridized carbons (Fsp3) is 0.368. The van der Waals surface area contributed by atoms with Crippen LogP contribution in [0.5, 0.6) is 11.5 Å². The zero-order chi connectivity index (χ0) is 27.3. The SMILES string of the molecule is COC(=O)c1cc2c(OC(=O)N(C)C)cc(OC(=O)N(C)C)cc2[n+](C)c1.O=S(=O)([O-])C(F)(F)F. The van der Waals surface area contributed by atoms with Crippen molar-refractivity contribution < 1.29 is 59.3 Å². The van der Waals surface area contributed by atoms with Crippen LogP contribution in [0, 0.1) is 0 Å². The highest BCUT2D eigenvalue weighted by Crippen LogP contribution is 2.31. The molecule has 1 aromatic heterocycles. The lowest BCUT2D eigenvalue weighted by molar-refractivity contribution is -0.645. The number of hydrogen-bond acceptors (Lipinski definition) is 9. The predicted molar refractivity (Wildman–Crippen MR) is 112 cm³/mol. The van der Waals surface area contributed by atoms with Gasteiger partial charge in [0.15, 0.2) is 16.3 Å². The van der Waals surface area contributed by atoms with Crippen LogP contribution >= 0.6 is 0 Å². The van der Waals surface area contributed by atoms with Gasteiger partial charge in [-0.2, -0.15) is 17.7 Å². The van der Waals surface area contributed by atoms with Crippen molar-refractivity contribution in [2.75, 3.05) is 35.3 Å². The lowest BCUT2D eigenvalue weighted by Gasteiger charge is -2.15. The van der Waals surface area contributed by atoms with Crippen LogP contribution in [0.15, 0.2) is 24.4 Å². The fourth-order valence-corrected chi connectivity index (χ4v) is 2.25. The maximum absolute atomic E-state index is 12.0. The van der Waals surface area contributed by atoms with E-state index in [2.05, 4.69) is 0 Å². The number of amides is 2. The van der Waals surface area contributed by atoms with Crippen molar-refractivity contribution in [1.82, 2.24) is 9.80 Å². The molecule has 16 heteroatoms. The summed E-state index contributed by atoms with van der Waals surface area (Å²) in [4.78, 5) is 38.4. The second-order valence-corrected chi connectivity index (χ2v) is 8.48. The van der Waals surface area contributed by atoms with Crippen molar-refractivity contribution in [2.24, 2.45) is 7.05 Å². The first-order chi connectivity index (χ1) is 15.9. The van der Waals surface area contributed by atoms with Crippen molar-refractivity contribution in [3.8, 4) is 11.5 Å². The zero-order valence-electron chi connectivity index (χ0n) is 19.4. The Balaban J connectivity index is 0.000000658. The van der Waals surface area contributed by atoms with E-state index in [-0.39, 0.29) is 17.1 Å². The number of hydrogen-bond donors (Lipinski definition) is 0. The average molecular weight is 525 g/mol. The topological polar surface area (TPSA) is 146 Å². The maximum Gasteiger partial charge on any atom is 0.485 e. The van der Waals surface area contributed by atoms with E-state index in [9.17, 15) is 27.6 Å². The van der Waals surface area contributed by atoms with Gasteiger partial charge >= 0.3 is 23.7 Å². The molecule has 0 N–H and O–H groups in total. The first kappa shape index (κ1) is 29.4. The molecule has 0 aliphatic rings. The minimum atomic E-state index is -6.09. The van der Waals surface area contributed by atoms with Crippen molar-refractivity contribution >= 4 is 39.2 Å². The van der Waals surface area contributed by atoms with Crippen LogP contribution < -0.4 is 14.0 Å². The van der Waals surface area contributed by atoms with E-state index >= 15 is 0 Å². The Kier molecular flexibility index (Phi) is 9.38. The molecule has 0 fully saturated rings. The predicted octanol–water partition coefficient (Wildman–Crippen LogP) is 1.62. The zero-order valence-corrected chi connectivity index (χ0v) is 20.2. The van der Waals surface area contributed by atoms with Crippen molar-refractivity contribution in [1.29, 1.82) is 0 Å². The second kappa shape index (κ2) is 11.2. The Labute approximate surface area is 198 Å². The summed E-state index contributed by atoms with van der Waals surface area (Å²) in [6.07, 6.45) is 0.384. The number of aryl methyl sites for hydroxylation is 1. The normalized spacial score (nSPS) is 11.1. The van der Waals surface area contributed by atoms with Crippen molar-refractivity contribution in [3.05, 3.63) is 30.0 Å². The second-order valence-electron chi connectivity index (χ2n) is 7.11. The lowest BCUT2D eigenvalue weighted by Crippen LogP contribution is -2.31. The van der Waals surface area contributed by atoms with E-state index in [1.54, 1.807) is 58.1 Å². The third-order valence-corrected chi connectivity index (χ3v) is 4.51. The molecule has 0 saturated heterocycles. The molecule has 0 atom stereocenters. The van der Waals surface area contributed by atoms with Crippen LogP contribution in [0.4, 0.5) is 22.8 Å². The van der Waals surface area contributed by atoms with Gasteiger partial charge in [0.05, 0.1) is 18.6 Å². The van der Waals surface area contributed by atoms with Crippen molar-refractivity contribution in [3.63, 3.8) is 0 Å². The van der Waals surface area contributed by atoms with Crippen LogP contribution in [0.2, 0.25) is 0 Å². The summed E-state index contributed by atoms with van der Waals surface area (Å²) in [5.74, 6) is -0.182. The molecule has 12 nitrogen and oxygen atoms in total. The number of benzene rings is 1. The fourth-order valence-electron chi connectivity index (χ4n) is 2.25. The van der Waals surface area contributed by atoms with E-state index < -0.39 is 33.8 Å². The molecule has 2 aromatic rings. The van der Waals surface area contributed by atoms with Gasteiger partial charge in [0.25, 0.3) is 0 Å². The molecule has 0 unspecified atom stereocenters. The number of aromatic nitrogens is 1. The van der Waals surface area contributed by atoms with Gasteiger partial charge in [0, 0.05) is 34.3 Å². The van der Waals surface area contributed by atoms with Gasteiger partial charge < -0.3 is 28.6 Å². The van der Waals surface area contributed by atoms with Gasteiger partial charge in [-0.25, -0.2) is 22.8 Å². The highest BCUT2D eigenvalue weighted by molar-refractivity contribution is 7.86. The van der Waals surface area contributed by atoms with Crippen LogP contribution in [-0.4, -0.2) is 81.7 Å². The van der Waals surface area contributed by atoms with Gasteiger partial charge in [-0.1, -0.05) is 0 Å². The number of fused-ring (bicyclic) bond motifs is 1. The summed E-state index contributed by atoms with van der Waals surface area (Å²) >= 11 is 0. The first-order valence-electron chi connectivity index (χ1n) is 9.25. The van der Waals surface area contributed by atoms with E-state index in [4.69, 9.17) is 27.2 Å². The number of methoxy groups -OCH3 is 1. The number of rotatable bonds is 3. The Morgan fingerprint density at radius 2 is 1.46 bits per heavy atom. The number of pyridine rings is 1. The highest BCUT2D eigenvalue weighted by Gasteiger charge is 2.37. The van der Waals surface area contributed by atoms with Crippen molar-refractivity contribution in [2.45, 2.75) is 5.51 Å². The molecule has 0 aliphatic heterocycles. The monoisotopic (exact) mass is 525 g/mol. The van der Waals surface area contributed by atoms with Crippen LogP contribution in [0.25, 0.3) is 10.9 Å². The Morgan fingerprint density at radius 1 is 0.971 bits per heavy atom. The molecule has 194 valence electrons. The van der Waals surface area contributed by atoms with Gasteiger partial charge in [0.1, 0.15) is 24.1 Å². The summed E-state index contributed by atoms with van der Waals surface area (Å²) in [6.45, 7) is 0. The maximum atomic E-state index is 12.0. The number of carbonyl (C=O) groups excluding carboxylic acids is 3. The summed E-state index contributed by atoms with van der Waals surface area (Å²) in [6, 6.07) is 4.59. The van der Waals surface area contributed by atoms with E-state index in [1.807, 2.05) is 0 Å². The number of carbonyl (C=O) groups is 3. The molecule has 0 spiro atoms. The highest BCUT2D eigenvalue weighted by atomic mass is 32.2. The van der Waals surface area contributed by atoms with Gasteiger partial charge in [-0.15, -0.1) is 0 Å². The van der Waals surface area contributed by atoms with Crippen LogP contribution in [0.1, 0.15) is 10.4 Å². The lowest BCUT2D eigenvalue weighted by atomic mass is 10.1. The minimum absolute atomic E-state index is 0.147. The molecule has 0 saturated carbocycles. The third kappa shape index (κ3) is 7.96. The Morgan fingerprint density at radius 3 is 1.89 bits per heavy atom. The molecule has 0 aliphatic carbocycles. The van der Waals surface area contributed by atoms with Gasteiger partial charge in [0.2, 0.25) is 5.52 Å². The molecular formula is C19H22F3N3O9S.